The predicted molar refractivity (Wildman–Crippen MR) is 63.4 cm³/mol. The van der Waals surface area contributed by atoms with E-state index in [1.165, 1.54) is 0 Å². The predicted octanol–water partition coefficient (Wildman–Crippen LogP) is 1.12. The Kier molecular flexibility index (Phi) is 3.96. The average Bonchev–Trinajstić information content (AvgIpc) is 2.60. The van der Waals surface area contributed by atoms with Gasteiger partial charge >= 0.3 is 0 Å². The second-order valence-corrected chi connectivity index (χ2v) is 4.40. The van der Waals surface area contributed by atoms with E-state index in [1.807, 2.05) is 19.4 Å². The molecule has 0 bridgehead atoms. The third kappa shape index (κ3) is 2.83. The number of nitrogens with zero attached hydrogens (tertiary/aromatic N) is 2. The van der Waals surface area contributed by atoms with Crippen molar-refractivity contribution in [3.05, 3.63) is 18.2 Å². The summed E-state index contributed by atoms with van der Waals surface area (Å²) in [5.74, 6) is 1.15. The van der Waals surface area contributed by atoms with E-state index in [2.05, 4.69) is 21.8 Å². The quantitative estimate of drug-likeness (QED) is 0.785. The van der Waals surface area contributed by atoms with Crippen molar-refractivity contribution in [2.75, 3.05) is 13.2 Å². The first-order valence-electron chi connectivity index (χ1n) is 6.10. The van der Waals surface area contributed by atoms with Crippen LogP contribution in [0.4, 0.5) is 0 Å². The summed E-state index contributed by atoms with van der Waals surface area (Å²) in [4.78, 5) is 4.30. The van der Waals surface area contributed by atoms with Crippen LogP contribution in [0.1, 0.15) is 25.6 Å². The zero-order valence-corrected chi connectivity index (χ0v) is 10.1. The number of hydrogen-bond acceptors (Lipinski definition) is 3. The Balaban J connectivity index is 1.58. The number of aryl methyl sites for hydroxylation is 1. The van der Waals surface area contributed by atoms with Crippen LogP contribution in [0.2, 0.25) is 0 Å². The maximum Gasteiger partial charge on any atom is 0.109 e. The first-order valence-corrected chi connectivity index (χ1v) is 6.10. The molecular weight excluding hydrogens is 202 g/mol. The molecule has 1 heterocycles. The van der Waals surface area contributed by atoms with Crippen molar-refractivity contribution in [2.45, 2.75) is 38.3 Å². The number of aromatic nitrogens is 2. The van der Waals surface area contributed by atoms with Gasteiger partial charge in [-0.05, 0) is 19.8 Å². The van der Waals surface area contributed by atoms with Crippen LogP contribution in [-0.4, -0.2) is 34.8 Å². The zero-order chi connectivity index (χ0) is 11.4. The van der Waals surface area contributed by atoms with Crippen LogP contribution in [0.15, 0.2) is 12.4 Å². The molecule has 0 unspecified atom stereocenters. The summed E-state index contributed by atoms with van der Waals surface area (Å²) in [6.45, 7) is 3.90. The monoisotopic (exact) mass is 223 g/mol. The van der Waals surface area contributed by atoms with Crippen LogP contribution >= 0.6 is 0 Å². The molecule has 4 nitrogen and oxygen atoms in total. The fourth-order valence-electron chi connectivity index (χ4n) is 2.13. The van der Waals surface area contributed by atoms with Crippen LogP contribution in [0.25, 0.3) is 0 Å². The fraction of sp³-hybridized carbons (Fsp3) is 0.750. The van der Waals surface area contributed by atoms with Crippen molar-refractivity contribution >= 4 is 0 Å². The Morgan fingerprint density at radius 2 is 2.38 bits per heavy atom. The molecule has 0 saturated heterocycles. The summed E-state index contributed by atoms with van der Waals surface area (Å²) < 4.78 is 7.60. The molecule has 0 aromatic carbocycles. The maximum absolute atomic E-state index is 5.52. The molecule has 0 aliphatic heterocycles. The van der Waals surface area contributed by atoms with Crippen LogP contribution in [-0.2, 0) is 18.2 Å². The molecule has 2 rings (SSSR count). The van der Waals surface area contributed by atoms with E-state index < -0.39 is 0 Å². The van der Waals surface area contributed by atoms with E-state index in [0.29, 0.717) is 12.1 Å². The van der Waals surface area contributed by atoms with Crippen LogP contribution in [0, 0.1) is 0 Å². The summed E-state index contributed by atoms with van der Waals surface area (Å²) in [5.41, 5.74) is 0. The minimum atomic E-state index is 0.496. The molecule has 0 atom stereocenters. The topological polar surface area (TPSA) is 39.1 Å². The van der Waals surface area contributed by atoms with Crippen LogP contribution < -0.4 is 5.32 Å². The second kappa shape index (κ2) is 5.46. The first-order chi connectivity index (χ1) is 7.79. The Labute approximate surface area is 97.0 Å². The Bertz CT molecular complexity index is 318. The van der Waals surface area contributed by atoms with Crippen LogP contribution in [0.5, 0.6) is 0 Å². The molecule has 1 fully saturated rings. The van der Waals surface area contributed by atoms with Crippen molar-refractivity contribution in [1.82, 2.24) is 14.9 Å². The highest BCUT2D eigenvalue weighted by Crippen LogP contribution is 2.22. The van der Waals surface area contributed by atoms with Gasteiger partial charge in [0, 0.05) is 45.1 Å². The molecule has 1 aromatic heterocycles. The maximum atomic E-state index is 5.52. The Morgan fingerprint density at radius 3 is 3.00 bits per heavy atom. The second-order valence-electron chi connectivity index (χ2n) is 4.40. The highest BCUT2D eigenvalue weighted by atomic mass is 16.5. The number of ether oxygens (including phenoxy) is 1. The third-order valence-corrected chi connectivity index (χ3v) is 3.20. The lowest BCUT2D eigenvalue weighted by atomic mass is 9.89. The van der Waals surface area contributed by atoms with Gasteiger partial charge in [-0.25, -0.2) is 4.98 Å². The minimum Gasteiger partial charge on any atom is -0.378 e. The van der Waals surface area contributed by atoms with Gasteiger partial charge in [-0.3, -0.25) is 0 Å². The molecule has 1 saturated carbocycles. The number of rotatable bonds is 6. The van der Waals surface area contributed by atoms with Crippen molar-refractivity contribution in [1.29, 1.82) is 0 Å². The lowest BCUT2D eigenvalue weighted by Gasteiger charge is -2.35. The van der Waals surface area contributed by atoms with E-state index in [4.69, 9.17) is 4.74 Å². The summed E-state index contributed by atoms with van der Waals surface area (Å²) in [7, 11) is 2.04. The molecule has 0 radical (unpaired) electrons. The fourth-order valence-corrected chi connectivity index (χ4v) is 2.13. The standard InChI is InChI=1S/C12H21N3O/c1-3-16-11-8-10(9-11)13-5-4-12-14-6-7-15(12)2/h6-7,10-11,13H,3-5,8-9H2,1-2H3. The highest BCUT2D eigenvalue weighted by Gasteiger charge is 2.28. The van der Waals surface area contributed by atoms with Crippen molar-refractivity contribution in [2.24, 2.45) is 7.05 Å². The summed E-state index contributed by atoms with van der Waals surface area (Å²) >= 11 is 0. The largest absolute Gasteiger partial charge is 0.378 e. The van der Waals surface area contributed by atoms with Gasteiger partial charge in [-0.15, -0.1) is 0 Å². The summed E-state index contributed by atoms with van der Waals surface area (Å²) in [6.07, 6.45) is 7.66. The molecular formula is C12H21N3O. The lowest BCUT2D eigenvalue weighted by Crippen LogP contribution is -2.46. The van der Waals surface area contributed by atoms with Gasteiger partial charge in [0.15, 0.2) is 0 Å². The Morgan fingerprint density at radius 1 is 1.56 bits per heavy atom. The van der Waals surface area contributed by atoms with E-state index in [9.17, 15) is 0 Å². The van der Waals surface area contributed by atoms with Gasteiger partial charge in [0.05, 0.1) is 6.10 Å². The van der Waals surface area contributed by atoms with E-state index in [1.54, 1.807) is 0 Å². The minimum absolute atomic E-state index is 0.496. The molecule has 4 heteroatoms. The number of imidazole rings is 1. The SMILES string of the molecule is CCOC1CC(NCCc2nccn2C)C1. The van der Waals surface area contributed by atoms with Crippen molar-refractivity contribution in [3.63, 3.8) is 0 Å². The average molecular weight is 223 g/mol. The molecule has 1 aliphatic carbocycles. The van der Waals surface area contributed by atoms with Crippen molar-refractivity contribution in [3.8, 4) is 0 Å². The zero-order valence-electron chi connectivity index (χ0n) is 10.1. The molecule has 16 heavy (non-hydrogen) atoms. The van der Waals surface area contributed by atoms with E-state index in [-0.39, 0.29) is 0 Å². The third-order valence-electron chi connectivity index (χ3n) is 3.20. The summed E-state index contributed by atoms with van der Waals surface area (Å²) in [5, 5.41) is 3.54. The van der Waals surface area contributed by atoms with Crippen molar-refractivity contribution < 1.29 is 4.74 Å². The number of hydrogen-bond donors (Lipinski definition) is 1. The first kappa shape index (κ1) is 11.6. The smallest absolute Gasteiger partial charge is 0.109 e. The molecule has 90 valence electrons. The molecule has 0 spiro atoms. The highest BCUT2D eigenvalue weighted by molar-refractivity contribution is 4.93. The molecule has 1 N–H and O–H groups in total. The van der Waals surface area contributed by atoms with Gasteiger partial charge in [-0.2, -0.15) is 0 Å². The van der Waals surface area contributed by atoms with Gasteiger partial charge < -0.3 is 14.6 Å². The van der Waals surface area contributed by atoms with E-state index in [0.717, 1.165) is 38.2 Å². The van der Waals surface area contributed by atoms with Crippen LogP contribution in [0.3, 0.4) is 0 Å². The van der Waals surface area contributed by atoms with Gasteiger partial charge in [0.1, 0.15) is 5.82 Å². The molecule has 1 aromatic rings. The Hall–Kier alpha value is -0.870. The van der Waals surface area contributed by atoms with Gasteiger partial charge in [-0.1, -0.05) is 0 Å². The van der Waals surface area contributed by atoms with E-state index >= 15 is 0 Å². The normalized spacial score (nSPS) is 24.4. The van der Waals surface area contributed by atoms with Gasteiger partial charge in [0.25, 0.3) is 0 Å². The number of nitrogens with one attached hydrogen (secondary N) is 1. The molecule has 0 amide bonds. The molecule has 1 aliphatic rings. The summed E-state index contributed by atoms with van der Waals surface area (Å²) in [6, 6.07) is 0.650. The lowest BCUT2D eigenvalue weighted by molar-refractivity contribution is -0.00963. The van der Waals surface area contributed by atoms with Gasteiger partial charge in [0.2, 0.25) is 0 Å².